The fourth-order valence-electron chi connectivity index (χ4n) is 6.05. The minimum atomic E-state index is -0.702. The number of hydrogen-bond donors (Lipinski definition) is 1. The van der Waals surface area contributed by atoms with Crippen LogP contribution in [0.1, 0.15) is 35.2 Å². The molecule has 9 heteroatoms. The Morgan fingerprint density at radius 2 is 1.72 bits per heavy atom. The number of fused-ring (bicyclic) bond motifs is 2. The molecule has 6 aromatic rings. The Hall–Kier alpha value is -5.98. The topological polar surface area (TPSA) is 101 Å². The van der Waals surface area contributed by atoms with Gasteiger partial charge in [0.25, 0.3) is 11.5 Å². The van der Waals surface area contributed by atoms with Gasteiger partial charge >= 0.3 is 0 Å². The molecule has 8 nitrogen and oxygen atoms in total. The molecule has 0 bridgehead atoms. The molecule has 0 radical (unpaired) electrons. The van der Waals surface area contributed by atoms with Crippen LogP contribution in [0.3, 0.4) is 0 Å². The lowest BCUT2D eigenvalue weighted by atomic mass is 9.95. The molecule has 230 valence electrons. The van der Waals surface area contributed by atoms with Gasteiger partial charge in [-0.25, -0.2) is 4.99 Å². The molecule has 7 rings (SSSR count). The SMILES string of the molecule is COc1ccc([C@@H]2C(C(=O)Nc3ccccc3)=C(C)N=c3s/c(=C/c4cn(Cc5ccccc5C#N)c5ccccc45)c(=O)n32)cc1. The highest BCUT2D eigenvalue weighted by molar-refractivity contribution is 7.07. The average molecular weight is 636 g/mol. The van der Waals surface area contributed by atoms with E-state index in [-0.39, 0.29) is 11.5 Å². The molecule has 2 aromatic heterocycles. The fraction of sp³-hybridized carbons (Fsp3) is 0.105. The summed E-state index contributed by atoms with van der Waals surface area (Å²) in [7, 11) is 1.60. The first-order valence-corrected chi connectivity index (χ1v) is 15.9. The van der Waals surface area contributed by atoms with Crippen molar-refractivity contribution in [3.05, 3.63) is 163 Å². The Morgan fingerprint density at radius 3 is 2.49 bits per heavy atom. The van der Waals surface area contributed by atoms with Crippen molar-refractivity contribution in [2.75, 3.05) is 12.4 Å². The number of ether oxygens (including phenoxy) is 1. The molecule has 4 aromatic carbocycles. The smallest absolute Gasteiger partial charge is 0.271 e. The Kier molecular flexibility index (Phi) is 7.86. The van der Waals surface area contributed by atoms with Crippen LogP contribution in [-0.4, -0.2) is 22.2 Å². The number of para-hydroxylation sites is 2. The summed E-state index contributed by atoms with van der Waals surface area (Å²) in [5.74, 6) is 0.346. The number of anilines is 1. The van der Waals surface area contributed by atoms with E-state index in [9.17, 15) is 14.9 Å². The van der Waals surface area contributed by atoms with Gasteiger partial charge in [-0.05, 0) is 60.5 Å². The second kappa shape index (κ2) is 12.4. The van der Waals surface area contributed by atoms with Crippen LogP contribution < -0.4 is 24.9 Å². The highest BCUT2D eigenvalue weighted by atomic mass is 32.1. The van der Waals surface area contributed by atoms with Gasteiger partial charge in [0, 0.05) is 34.9 Å². The minimum absolute atomic E-state index is 0.237. The quantitative estimate of drug-likeness (QED) is 0.241. The molecule has 1 aliphatic rings. The van der Waals surface area contributed by atoms with E-state index in [0.717, 1.165) is 27.6 Å². The molecule has 3 heterocycles. The summed E-state index contributed by atoms with van der Waals surface area (Å²) in [5, 5.41) is 13.6. The number of amides is 1. The number of nitrogens with one attached hydrogen (secondary N) is 1. The van der Waals surface area contributed by atoms with Crippen LogP contribution in [0.5, 0.6) is 5.75 Å². The van der Waals surface area contributed by atoms with Crippen molar-refractivity contribution in [2.45, 2.75) is 19.5 Å². The largest absolute Gasteiger partial charge is 0.497 e. The van der Waals surface area contributed by atoms with Crippen LogP contribution in [0, 0.1) is 11.3 Å². The van der Waals surface area contributed by atoms with Crippen LogP contribution in [0.2, 0.25) is 0 Å². The first-order chi connectivity index (χ1) is 22.9. The van der Waals surface area contributed by atoms with Crippen molar-refractivity contribution in [1.29, 1.82) is 5.26 Å². The van der Waals surface area contributed by atoms with Gasteiger partial charge in [0.15, 0.2) is 4.80 Å². The van der Waals surface area contributed by atoms with E-state index in [4.69, 9.17) is 9.73 Å². The van der Waals surface area contributed by atoms with Gasteiger partial charge in [-0.15, -0.1) is 0 Å². The summed E-state index contributed by atoms with van der Waals surface area (Å²) in [6.45, 7) is 2.32. The normalized spacial score (nSPS) is 14.4. The average Bonchev–Trinajstić information content (AvgIpc) is 3.60. The molecule has 1 aliphatic heterocycles. The van der Waals surface area contributed by atoms with Gasteiger partial charge < -0.3 is 14.6 Å². The van der Waals surface area contributed by atoms with E-state index in [1.165, 1.54) is 11.3 Å². The Balaban J connectivity index is 1.36. The predicted molar refractivity (Wildman–Crippen MR) is 184 cm³/mol. The zero-order chi connectivity index (χ0) is 32.5. The standard InChI is InChI=1S/C38H29N5O3S/c1-24-34(36(44)41-29-12-4-3-5-13-29)35(25-16-18-30(46-2)19-17-25)43-37(45)33(47-38(43)40-24)20-28-23-42(32-15-9-8-14-31(28)32)22-27-11-7-6-10-26(27)21-39/h3-20,23,35H,22H2,1-2H3,(H,41,44)/b33-20+/t35-/m1/s1. The van der Waals surface area contributed by atoms with Crippen LogP contribution in [0.25, 0.3) is 17.0 Å². The maximum absolute atomic E-state index is 14.3. The predicted octanol–water partition coefficient (Wildman–Crippen LogP) is 5.76. The molecule has 1 atom stereocenters. The minimum Gasteiger partial charge on any atom is -0.497 e. The lowest BCUT2D eigenvalue weighted by Crippen LogP contribution is -2.40. The van der Waals surface area contributed by atoms with Gasteiger partial charge in [0.1, 0.15) is 5.75 Å². The van der Waals surface area contributed by atoms with Gasteiger partial charge in [-0.3, -0.25) is 14.2 Å². The fourth-order valence-corrected chi connectivity index (χ4v) is 7.08. The van der Waals surface area contributed by atoms with Gasteiger partial charge in [0.05, 0.1) is 40.6 Å². The summed E-state index contributed by atoms with van der Waals surface area (Å²) >= 11 is 1.30. The molecule has 0 fully saturated rings. The van der Waals surface area contributed by atoms with Crippen LogP contribution in [-0.2, 0) is 11.3 Å². The van der Waals surface area contributed by atoms with E-state index in [0.29, 0.717) is 44.1 Å². The van der Waals surface area contributed by atoms with Crippen molar-refractivity contribution >= 4 is 39.9 Å². The number of aromatic nitrogens is 2. The molecule has 0 aliphatic carbocycles. The Bertz CT molecular complexity index is 2410. The molecule has 0 saturated heterocycles. The van der Waals surface area contributed by atoms with Crippen molar-refractivity contribution in [3.63, 3.8) is 0 Å². The first kappa shape index (κ1) is 29.7. The molecule has 0 saturated carbocycles. The van der Waals surface area contributed by atoms with E-state index in [1.807, 2.05) is 115 Å². The molecule has 1 amide bonds. The Morgan fingerprint density at radius 1 is 1.00 bits per heavy atom. The number of thiazole rings is 1. The van der Waals surface area contributed by atoms with E-state index in [2.05, 4.69) is 16.0 Å². The Labute approximate surface area is 274 Å². The van der Waals surface area contributed by atoms with Crippen molar-refractivity contribution in [3.8, 4) is 11.8 Å². The number of allylic oxidation sites excluding steroid dienone is 1. The maximum atomic E-state index is 14.3. The number of nitriles is 1. The number of benzene rings is 4. The molecular formula is C38H29N5O3S. The second-order valence-corrected chi connectivity index (χ2v) is 12.2. The molecule has 0 spiro atoms. The summed E-state index contributed by atoms with van der Waals surface area (Å²) in [5.41, 5.74) is 5.52. The monoisotopic (exact) mass is 635 g/mol. The van der Waals surface area contributed by atoms with Gasteiger partial charge in [-0.2, -0.15) is 5.26 Å². The van der Waals surface area contributed by atoms with Crippen molar-refractivity contribution in [2.24, 2.45) is 4.99 Å². The third kappa shape index (κ3) is 5.56. The van der Waals surface area contributed by atoms with E-state index < -0.39 is 6.04 Å². The lowest BCUT2D eigenvalue weighted by Gasteiger charge is -2.25. The number of nitrogens with zero attached hydrogens (tertiary/aromatic N) is 4. The lowest BCUT2D eigenvalue weighted by molar-refractivity contribution is -0.113. The van der Waals surface area contributed by atoms with E-state index >= 15 is 0 Å². The number of carbonyl (C=O) groups is 1. The molecule has 47 heavy (non-hydrogen) atoms. The summed E-state index contributed by atoms with van der Waals surface area (Å²) < 4.78 is 9.60. The summed E-state index contributed by atoms with van der Waals surface area (Å²) in [4.78, 5) is 33.5. The zero-order valence-corrected chi connectivity index (χ0v) is 26.5. The highest BCUT2D eigenvalue weighted by Crippen LogP contribution is 2.32. The van der Waals surface area contributed by atoms with Gasteiger partial charge in [0.2, 0.25) is 0 Å². The third-order valence-corrected chi connectivity index (χ3v) is 9.30. The van der Waals surface area contributed by atoms with Gasteiger partial charge in [-0.1, -0.05) is 78.1 Å². The second-order valence-electron chi connectivity index (χ2n) is 11.2. The van der Waals surface area contributed by atoms with Crippen LogP contribution in [0.15, 0.2) is 130 Å². The number of hydrogen-bond acceptors (Lipinski definition) is 6. The highest BCUT2D eigenvalue weighted by Gasteiger charge is 2.32. The van der Waals surface area contributed by atoms with E-state index in [1.54, 1.807) is 18.6 Å². The maximum Gasteiger partial charge on any atom is 0.271 e. The third-order valence-electron chi connectivity index (χ3n) is 8.31. The van der Waals surface area contributed by atoms with Crippen LogP contribution >= 0.6 is 11.3 Å². The number of carbonyl (C=O) groups excluding carboxylic acids is 1. The molecular weight excluding hydrogens is 607 g/mol. The number of methoxy groups -OCH3 is 1. The summed E-state index contributed by atoms with van der Waals surface area (Å²) in [6.07, 6.45) is 3.91. The molecule has 0 unspecified atom stereocenters. The van der Waals surface area contributed by atoms with Crippen molar-refractivity contribution < 1.29 is 9.53 Å². The number of rotatable bonds is 7. The summed E-state index contributed by atoms with van der Waals surface area (Å²) in [6, 6.07) is 33.8. The first-order valence-electron chi connectivity index (χ1n) is 15.0. The molecule has 1 N–H and O–H groups in total. The zero-order valence-electron chi connectivity index (χ0n) is 25.7. The van der Waals surface area contributed by atoms with Crippen LogP contribution in [0.4, 0.5) is 5.69 Å². The van der Waals surface area contributed by atoms with Crippen molar-refractivity contribution in [1.82, 2.24) is 9.13 Å².